The van der Waals surface area contributed by atoms with Crippen LogP contribution in [0.1, 0.15) is 13.8 Å². The highest BCUT2D eigenvalue weighted by Gasteiger charge is 2.06. The lowest BCUT2D eigenvalue weighted by molar-refractivity contribution is -0.140. The third-order valence-corrected chi connectivity index (χ3v) is 1.65. The summed E-state index contributed by atoms with van der Waals surface area (Å²) in [4.78, 5) is 30.8. The summed E-state index contributed by atoms with van der Waals surface area (Å²) in [6, 6.07) is 0. The summed E-state index contributed by atoms with van der Waals surface area (Å²) in [6.45, 7) is 8.34. The van der Waals surface area contributed by atoms with Gasteiger partial charge in [-0.05, 0) is 13.8 Å². The lowest BCUT2D eigenvalue weighted by atomic mass is 10.4. The molecule has 0 aromatic heterocycles. The first-order chi connectivity index (χ1) is 8.47. The van der Waals surface area contributed by atoms with Gasteiger partial charge in [0, 0.05) is 24.3 Å². The molecule has 0 saturated carbocycles. The van der Waals surface area contributed by atoms with E-state index in [0.717, 1.165) is 0 Å². The SMILES string of the molecule is C=C(C)C(=O)OCCOCC.O=C1C=CC(=O)N1. The van der Waals surface area contributed by atoms with Gasteiger partial charge in [0.1, 0.15) is 6.61 Å². The number of rotatable bonds is 5. The third kappa shape index (κ3) is 8.23. The van der Waals surface area contributed by atoms with Crippen molar-refractivity contribution in [2.45, 2.75) is 13.8 Å². The fraction of sp³-hybridized carbons (Fsp3) is 0.417. The Labute approximate surface area is 106 Å². The topological polar surface area (TPSA) is 81.7 Å². The van der Waals surface area contributed by atoms with Crippen LogP contribution in [0.5, 0.6) is 0 Å². The summed E-state index contributed by atoms with van der Waals surface area (Å²) in [5.74, 6) is -1.01. The van der Waals surface area contributed by atoms with Crippen molar-refractivity contribution in [2.75, 3.05) is 19.8 Å². The molecule has 1 N–H and O–H groups in total. The molecule has 0 radical (unpaired) electrons. The maximum atomic E-state index is 10.7. The van der Waals surface area contributed by atoms with Crippen molar-refractivity contribution in [3.63, 3.8) is 0 Å². The standard InChI is InChI=1S/C8H14O3.C4H3NO2/c1-4-10-5-6-11-8(9)7(2)3;6-3-1-2-4(7)5-3/h2,4-6H2,1,3H3;1-2H,(H,5,6,7). The van der Waals surface area contributed by atoms with E-state index in [9.17, 15) is 14.4 Å². The summed E-state index contributed by atoms with van der Waals surface area (Å²) in [6.07, 6.45) is 2.39. The number of amides is 2. The Morgan fingerprint density at radius 1 is 1.28 bits per heavy atom. The van der Waals surface area contributed by atoms with Crippen LogP contribution in [0.25, 0.3) is 0 Å². The highest BCUT2D eigenvalue weighted by atomic mass is 16.6. The molecule has 2 amide bonds. The molecule has 18 heavy (non-hydrogen) atoms. The Bertz CT molecular complexity index is 343. The molecule has 100 valence electrons. The molecule has 0 atom stereocenters. The normalized spacial score (nSPS) is 12.6. The van der Waals surface area contributed by atoms with E-state index in [0.29, 0.717) is 25.4 Å². The van der Waals surface area contributed by atoms with Gasteiger partial charge in [0.15, 0.2) is 0 Å². The Hall–Kier alpha value is -1.95. The molecule has 0 bridgehead atoms. The summed E-state index contributed by atoms with van der Waals surface area (Å²) in [7, 11) is 0. The van der Waals surface area contributed by atoms with Crippen LogP contribution in [0.15, 0.2) is 24.3 Å². The lowest BCUT2D eigenvalue weighted by Crippen LogP contribution is -2.19. The maximum absolute atomic E-state index is 10.7. The van der Waals surface area contributed by atoms with Gasteiger partial charge >= 0.3 is 5.97 Å². The zero-order valence-corrected chi connectivity index (χ0v) is 10.5. The smallest absolute Gasteiger partial charge is 0.333 e. The second-order valence-electron chi connectivity index (χ2n) is 3.30. The monoisotopic (exact) mass is 255 g/mol. The van der Waals surface area contributed by atoms with Crippen LogP contribution < -0.4 is 5.32 Å². The van der Waals surface area contributed by atoms with Crippen LogP contribution in [0.2, 0.25) is 0 Å². The van der Waals surface area contributed by atoms with Crippen LogP contribution in [0.3, 0.4) is 0 Å². The molecule has 1 aliphatic heterocycles. The molecule has 0 saturated heterocycles. The Morgan fingerprint density at radius 3 is 2.17 bits per heavy atom. The highest BCUT2D eigenvalue weighted by Crippen LogP contribution is 1.91. The predicted molar refractivity (Wildman–Crippen MR) is 64.6 cm³/mol. The molecule has 0 aliphatic carbocycles. The summed E-state index contributed by atoms with van der Waals surface area (Å²) in [5, 5.41) is 2.03. The average Bonchev–Trinajstić information content (AvgIpc) is 2.69. The van der Waals surface area contributed by atoms with E-state index in [-0.39, 0.29) is 17.8 Å². The van der Waals surface area contributed by atoms with Crippen molar-refractivity contribution < 1.29 is 23.9 Å². The molecule has 0 spiro atoms. The van der Waals surface area contributed by atoms with Crippen LogP contribution in [-0.4, -0.2) is 37.6 Å². The zero-order chi connectivity index (χ0) is 14.0. The average molecular weight is 255 g/mol. The molecule has 0 aromatic rings. The van der Waals surface area contributed by atoms with Gasteiger partial charge in [-0.3, -0.25) is 14.9 Å². The van der Waals surface area contributed by atoms with Gasteiger partial charge in [0.2, 0.25) is 0 Å². The van der Waals surface area contributed by atoms with Gasteiger partial charge in [-0.2, -0.15) is 0 Å². The third-order valence-electron chi connectivity index (χ3n) is 1.65. The van der Waals surface area contributed by atoms with Crippen LogP contribution >= 0.6 is 0 Å². The molecule has 1 heterocycles. The van der Waals surface area contributed by atoms with Gasteiger partial charge in [-0.1, -0.05) is 6.58 Å². The minimum atomic E-state index is -0.357. The largest absolute Gasteiger partial charge is 0.460 e. The first-order valence-electron chi connectivity index (χ1n) is 5.40. The zero-order valence-electron chi connectivity index (χ0n) is 10.5. The molecule has 0 aromatic carbocycles. The van der Waals surface area contributed by atoms with Gasteiger partial charge in [0.25, 0.3) is 11.8 Å². The molecule has 1 rings (SSSR count). The van der Waals surface area contributed by atoms with E-state index in [1.54, 1.807) is 6.92 Å². The molecular formula is C12H17NO5. The van der Waals surface area contributed by atoms with Crippen molar-refractivity contribution in [1.82, 2.24) is 5.32 Å². The number of hydrogen-bond donors (Lipinski definition) is 1. The number of hydrogen-bond acceptors (Lipinski definition) is 5. The lowest BCUT2D eigenvalue weighted by Gasteiger charge is -2.03. The fourth-order valence-electron chi connectivity index (χ4n) is 0.817. The number of carbonyl (C=O) groups excluding carboxylic acids is 3. The van der Waals surface area contributed by atoms with Gasteiger partial charge in [-0.15, -0.1) is 0 Å². The van der Waals surface area contributed by atoms with Crippen LogP contribution in [0, 0.1) is 0 Å². The molecule has 6 heteroatoms. The van der Waals surface area contributed by atoms with Gasteiger partial charge in [0.05, 0.1) is 6.61 Å². The molecule has 0 fully saturated rings. The highest BCUT2D eigenvalue weighted by molar-refractivity contribution is 6.12. The van der Waals surface area contributed by atoms with Crippen LogP contribution in [-0.2, 0) is 23.9 Å². The van der Waals surface area contributed by atoms with E-state index >= 15 is 0 Å². The minimum absolute atomic E-state index is 0.305. The van der Waals surface area contributed by atoms with E-state index in [1.807, 2.05) is 12.2 Å². The summed E-state index contributed by atoms with van der Waals surface area (Å²) in [5.41, 5.74) is 0.418. The van der Waals surface area contributed by atoms with E-state index in [1.165, 1.54) is 12.2 Å². The van der Waals surface area contributed by atoms with Gasteiger partial charge < -0.3 is 9.47 Å². The number of esters is 1. The second-order valence-corrected chi connectivity index (χ2v) is 3.30. The Morgan fingerprint density at radius 2 is 1.83 bits per heavy atom. The van der Waals surface area contributed by atoms with Crippen molar-refractivity contribution in [3.05, 3.63) is 24.3 Å². The van der Waals surface area contributed by atoms with Crippen molar-refractivity contribution in [3.8, 4) is 0 Å². The fourth-order valence-corrected chi connectivity index (χ4v) is 0.817. The Kier molecular flexibility index (Phi) is 8.13. The van der Waals surface area contributed by atoms with Crippen molar-refractivity contribution in [2.24, 2.45) is 0 Å². The Balaban J connectivity index is 0.000000351. The minimum Gasteiger partial charge on any atom is -0.460 e. The molecule has 1 aliphatic rings. The van der Waals surface area contributed by atoms with Gasteiger partial charge in [-0.25, -0.2) is 4.79 Å². The summed E-state index contributed by atoms with van der Waals surface area (Å²) >= 11 is 0. The molecule has 0 unspecified atom stereocenters. The summed E-state index contributed by atoms with van der Waals surface area (Å²) < 4.78 is 9.70. The van der Waals surface area contributed by atoms with E-state index in [4.69, 9.17) is 9.47 Å². The number of nitrogens with one attached hydrogen (secondary N) is 1. The predicted octanol–water partition coefficient (Wildman–Crippen LogP) is 0.341. The molecule has 6 nitrogen and oxygen atoms in total. The molecular weight excluding hydrogens is 238 g/mol. The van der Waals surface area contributed by atoms with Crippen LogP contribution in [0.4, 0.5) is 0 Å². The first kappa shape index (κ1) is 16.1. The van der Waals surface area contributed by atoms with E-state index < -0.39 is 0 Å². The van der Waals surface area contributed by atoms with Crippen molar-refractivity contribution >= 4 is 17.8 Å². The second kappa shape index (κ2) is 9.12. The number of ether oxygens (including phenoxy) is 2. The van der Waals surface area contributed by atoms with Crippen molar-refractivity contribution in [1.29, 1.82) is 0 Å². The number of imide groups is 1. The number of carbonyl (C=O) groups is 3. The quantitative estimate of drug-likeness (QED) is 0.331. The first-order valence-corrected chi connectivity index (χ1v) is 5.40. The maximum Gasteiger partial charge on any atom is 0.333 e. The van der Waals surface area contributed by atoms with E-state index in [2.05, 4.69) is 6.58 Å².